The number of ketones is 1. The molecule has 1 atom stereocenters. The molecule has 0 radical (unpaired) electrons. The van der Waals surface area contributed by atoms with E-state index in [-0.39, 0.29) is 12.2 Å². The van der Waals surface area contributed by atoms with Crippen LogP contribution in [0.1, 0.15) is 46.0 Å². The summed E-state index contributed by atoms with van der Waals surface area (Å²) in [6.45, 7) is 3.88. The zero-order valence-electron chi connectivity index (χ0n) is 16.5. The summed E-state index contributed by atoms with van der Waals surface area (Å²) < 4.78 is 0. The van der Waals surface area contributed by atoms with E-state index >= 15 is 0 Å². The van der Waals surface area contributed by atoms with Gasteiger partial charge in [-0.15, -0.1) is 0 Å². The van der Waals surface area contributed by atoms with E-state index in [0.717, 1.165) is 28.0 Å². The van der Waals surface area contributed by atoms with E-state index in [1.807, 2.05) is 44.2 Å². The number of aryl methyl sites for hydroxylation is 1. The Labute approximate surface area is 184 Å². The highest BCUT2D eigenvalue weighted by Crippen LogP contribution is 2.38. The largest absolute Gasteiger partial charge is 0.384 e. The van der Waals surface area contributed by atoms with Crippen molar-refractivity contribution in [3.8, 4) is 0 Å². The van der Waals surface area contributed by atoms with Crippen LogP contribution in [-0.4, -0.2) is 21.5 Å². The van der Waals surface area contributed by atoms with Gasteiger partial charge in [0.2, 0.25) is 0 Å². The Kier molecular flexibility index (Phi) is 5.58. The fourth-order valence-corrected chi connectivity index (χ4v) is 4.09. The first-order chi connectivity index (χ1) is 14.3. The van der Waals surface area contributed by atoms with E-state index < -0.39 is 5.60 Å². The van der Waals surface area contributed by atoms with Crippen LogP contribution in [0.3, 0.4) is 0 Å². The summed E-state index contributed by atoms with van der Waals surface area (Å²) >= 11 is 12.3. The molecule has 2 heterocycles. The molecule has 152 valence electrons. The monoisotopic (exact) mass is 439 g/mol. The number of carbonyl (C=O) groups is 1. The van der Waals surface area contributed by atoms with Crippen LogP contribution in [-0.2, 0) is 16.9 Å². The highest BCUT2D eigenvalue weighted by atomic mass is 35.5. The number of benzene rings is 2. The van der Waals surface area contributed by atoms with Crippen molar-refractivity contribution < 1.29 is 9.63 Å². The number of nitrogens with zero attached hydrogens (tertiary/aromatic N) is 3. The first-order valence-electron chi connectivity index (χ1n) is 9.44. The molecule has 1 aliphatic rings. The number of hydrogen-bond acceptors (Lipinski definition) is 5. The van der Waals surface area contributed by atoms with Gasteiger partial charge in [0.25, 0.3) is 0 Å². The SMILES string of the molecule is Cc1cc(C2=NOC(C)(c3cc(Cl)cc(Cl)c3)C2)ccc1C(=O)Cc1cncnc1. The maximum Gasteiger partial charge on any atom is 0.167 e. The summed E-state index contributed by atoms with van der Waals surface area (Å²) in [6, 6.07) is 11.1. The average molecular weight is 440 g/mol. The second-order valence-corrected chi connectivity index (χ2v) is 8.44. The average Bonchev–Trinajstić information content (AvgIpc) is 3.11. The molecular formula is C23H19Cl2N3O2. The fourth-order valence-electron chi connectivity index (χ4n) is 3.57. The van der Waals surface area contributed by atoms with Crippen molar-refractivity contribution in [1.82, 2.24) is 9.97 Å². The Balaban J connectivity index is 1.53. The summed E-state index contributed by atoms with van der Waals surface area (Å²) in [7, 11) is 0. The van der Waals surface area contributed by atoms with Crippen molar-refractivity contribution in [3.63, 3.8) is 0 Å². The molecule has 1 aliphatic heterocycles. The molecule has 4 rings (SSSR count). The molecule has 0 saturated carbocycles. The number of oxime groups is 1. The van der Waals surface area contributed by atoms with Gasteiger partial charge in [0, 0.05) is 46.4 Å². The van der Waals surface area contributed by atoms with Crippen molar-refractivity contribution in [2.45, 2.75) is 32.3 Å². The summed E-state index contributed by atoms with van der Waals surface area (Å²) in [6.07, 6.45) is 5.59. The van der Waals surface area contributed by atoms with Gasteiger partial charge in [-0.2, -0.15) is 0 Å². The normalized spacial score (nSPS) is 18.1. The number of halogens is 2. The zero-order valence-corrected chi connectivity index (χ0v) is 18.0. The van der Waals surface area contributed by atoms with Gasteiger partial charge in [0.1, 0.15) is 6.33 Å². The maximum atomic E-state index is 12.7. The Morgan fingerprint density at radius 3 is 2.47 bits per heavy atom. The molecule has 3 aromatic rings. The van der Waals surface area contributed by atoms with Gasteiger partial charge in [-0.1, -0.05) is 40.5 Å². The third-order valence-corrected chi connectivity index (χ3v) is 5.61. The highest BCUT2D eigenvalue weighted by Gasteiger charge is 2.37. The molecule has 0 amide bonds. The number of rotatable bonds is 5. The lowest BCUT2D eigenvalue weighted by molar-refractivity contribution is -0.00737. The van der Waals surface area contributed by atoms with Gasteiger partial charge in [-0.25, -0.2) is 9.97 Å². The maximum absolute atomic E-state index is 12.7. The predicted molar refractivity (Wildman–Crippen MR) is 117 cm³/mol. The third-order valence-electron chi connectivity index (χ3n) is 5.17. The topological polar surface area (TPSA) is 64.4 Å². The van der Waals surface area contributed by atoms with E-state index in [0.29, 0.717) is 22.0 Å². The molecule has 0 bridgehead atoms. The first-order valence-corrected chi connectivity index (χ1v) is 10.2. The molecule has 0 aliphatic carbocycles. The molecule has 30 heavy (non-hydrogen) atoms. The molecule has 1 aromatic heterocycles. The Hall–Kier alpha value is -2.76. The second kappa shape index (κ2) is 8.17. The van der Waals surface area contributed by atoms with Crippen LogP contribution in [0.25, 0.3) is 0 Å². The van der Waals surface area contributed by atoms with Crippen LogP contribution in [0.15, 0.2) is 60.3 Å². The van der Waals surface area contributed by atoms with E-state index in [9.17, 15) is 4.79 Å². The summed E-state index contributed by atoms with van der Waals surface area (Å²) in [5, 5.41) is 5.42. The lowest BCUT2D eigenvalue weighted by Crippen LogP contribution is -2.22. The minimum Gasteiger partial charge on any atom is -0.384 e. The van der Waals surface area contributed by atoms with E-state index in [1.54, 1.807) is 18.5 Å². The molecular weight excluding hydrogens is 421 g/mol. The molecule has 0 N–H and O–H groups in total. The van der Waals surface area contributed by atoms with Gasteiger partial charge in [0.05, 0.1) is 5.71 Å². The van der Waals surface area contributed by atoms with Gasteiger partial charge in [0.15, 0.2) is 11.4 Å². The van der Waals surface area contributed by atoms with E-state index in [1.165, 1.54) is 6.33 Å². The van der Waals surface area contributed by atoms with Crippen LogP contribution in [0.2, 0.25) is 10.0 Å². The van der Waals surface area contributed by atoms with Crippen molar-refractivity contribution in [2.75, 3.05) is 0 Å². The standard InChI is InChI=1S/C23H19Cl2N3O2/c1-14-5-16(3-4-20(14)22(29)6-15-11-26-13-27-12-15)21-10-23(2,30-28-21)17-7-18(24)9-19(25)8-17/h3-5,7-9,11-13H,6,10H2,1-2H3. The van der Waals surface area contributed by atoms with Gasteiger partial charge >= 0.3 is 0 Å². The predicted octanol–water partition coefficient (Wildman–Crippen LogP) is 5.56. The van der Waals surface area contributed by atoms with Crippen molar-refractivity contribution in [2.24, 2.45) is 5.16 Å². The minimum absolute atomic E-state index is 0.0249. The summed E-state index contributed by atoms with van der Waals surface area (Å²) in [4.78, 5) is 26.4. The Morgan fingerprint density at radius 2 is 1.80 bits per heavy atom. The Morgan fingerprint density at radius 1 is 1.10 bits per heavy atom. The van der Waals surface area contributed by atoms with Crippen LogP contribution >= 0.6 is 23.2 Å². The fraction of sp³-hybridized carbons (Fsp3) is 0.217. The summed E-state index contributed by atoms with van der Waals surface area (Å²) in [5.41, 5.74) is 4.29. The van der Waals surface area contributed by atoms with Crippen molar-refractivity contribution >= 4 is 34.7 Å². The molecule has 1 unspecified atom stereocenters. The van der Waals surface area contributed by atoms with Crippen LogP contribution < -0.4 is 0 Å². The molecule has 0 spiro atoms. The lowest BCUT2D eigenvalue weighted by atomic mass is 9.88. The van der Waals surface area contributed by atoms with Crippen LogP contribution in [0.4, 0.5) is 0 Å². The molecule has 7 heteroatoms. The molecule has 5 nitrogen and oxygen atoms in total. The smallest absolute Gasteiger partial charge is 0.167 e. The number of Topliss-reactive ketones (excluding diaryl/α,β-unsaturated/α-hetero) is 1. The van der Waals surface area contributed by atoms with Gasteiger partial charge < -0.3 is 4.84 Å². The van der Waals surface area contributed by atoms with E-state index in [2.05, 4.69) is 15.1 Å². The first kappa shape index (κ1) is 20.5. The van der Waals surface area contributed by atoms with Gasteiger partial charge in [-0.3, -0.25) is 4.79 Å². The lowest BCUT2D eigenvalue weighted by Gasteiger charge is -2.22. The number of aromatic nitrogens is 2. The van der Waals surface area contributed by atoms with Gasteiger partial charge in [-0.05, 0) is 54.8 Å². The quantitative estimate of drug-likeness (QED) is 0.488. The molecule has 2 aromatic carbocycles. The second-order valence-electron chi connectivity index (χ2n) is 7.57. The number of hydrogen-bond donors (Lipinski definition) is 0. The minimum atomic E-state index is -0.653. The van der Waals surface area contributed by atoms with E-state index in [4.69, 9.17) is 28.0 Å². The third kappa shape index (κ3) is 4.23. The number of carbonyl (C=O) groups excluding carboxylic acids is 1. The molecule has 0 saturated heterocycles. The Bertz CT molecular complexity index is 1130. The van der Waals surface area contributed by atoms with Crippen molar-refractivity contribution in [3.05, 3.63) is 93.0 Å². The molecule has 0 fully saturated rings. The van der Waals surface area contributed by atoms with Crippen LogP contribution in [0, 0.1) is 6.92 Å². The zero-order chi connectivity index (χ0) is 21.3. The van der Waals surface area contributed by atoms with Crippen molar-refractivity contribution in [1.29, 1.82) is 0 Å². The highest BCUT2D eigenvalue weighted by molar-refractivity contribution is 6.34. The summed E-state index contributed by atoms with van der Waals surface area (Å²) in [5.74, 6) is 0.0249. The van der Waals surface area contributed by atoms with Crippen LogP contribution in [0.5, 0.6) is 0 Å².